The van der Waals surface area contributed by atoms with Crippen molar-refractivity contribution in [3.05, 3.63) is 36.6 Å². The number of guanidine groups is 1. The number of hydrogen-bond acceptors (Lipinski definition) is 17. The number of carboxylic acid groups (broad SMARTS) is 1. The minimum absolute atomic E-state index is 0.0186. The van der Waals surface area contributed by atoms with E-state index in [1.54, 1.807) is 17.1 Å². The summed E-state index contributed by atoms with van der Waals surface area (Å²) in [5, 5.41) is 87.4. The number of aliphatic hydroxyl groups excluding tert-OH is 5. The maximum Gasteiger partial charge on any atom is 0.338 e. The molecular formula is C37H61N5O15. The van der Waals surface area contributed by atoms with Crippen molar-refractivity contribution in [2.24, 2.45) is 34.4 Å². The van der Waals surface area contributed by atoms with Gasteiger partial charge in [-0.1, -0.05) is 24.6 Å². The van der Waals surface area contributed by atoms with E-state index in [9.17, 15) is 50.4 Å². The molecule has 0 aromatic rings. The highest BCUT2D eigenvalue weighted by Crippen LogP contribution is 2.39. The zero-order valence-corrected chi connectivity index (χ0v) is 32.3. The second-order valence-corrected chi connectivity index (χ2v) is 14.7. The van der Waals surface area contributed by atoms with Gasteiger partial charge in [-0.2, -0.15) is 0 Å². The number of hydrogen-bond donors (Lipinski definition) is 11. The van der Waals surface area contributed by atoms with E-state index in [-0.39, 0.29) is 57.0 Å². The van der Waals surface area contributed by atoms with Crippen molar-refractivity contribution >= 4 is 17.9 Å². The maximum atomic E-state index is 13.9. The van der Waals surface area contributed by atoms with Crippen LogP contribution in [0.2, 0.25) is 0 Å². The first-order valence-electron chi connectivity index (χ1n) is 19.4. The predicted molar refractivity (Wildman–Crippen MR) is 200 cm³/mol. The van der Waals surface area contributed by atoms with E-state index in [2.05, 4.69) is 22.2 Å². The topological polar surface area (TPSA) is 308 Å². The zero-order valence-electron chi connectivity index (χ0n) is 32.3. The molecule has 12 N–H and O–H groups in total. The molecule has 0 radical (unpaired) electrons. The standard InChI is InChI=1S/C37H61N5O15/c1-3-23-24(11-10-21-16-42(13-15-44)17-25(32(48)49)29(21)41-36(38)40-12-7-14-43)26(33(50)54-22-8-5-4-6-9-22)20-53-34(23)57-35-31(56-28(19-46)39-2)37(51,52)30(47)27(18-45)55-35/h3,10-11,20-25,27-31,34-35,39,43-47,51-52H,1,4-9,12-19H2,2H3,(H,48,49)(H3,38,40,41)/t21?,23-,24+,25?,27-,28-,29?,30-,31-,34-,35+/m1/s1. The smallest absolute Gasteiger partial charge is 0.338 e. The SMILES string of the molecule is C=C[C@H]1[C@@H](O[C@@H]2O[C@H](CO)[C@@H](O)C(O)(O)[C@@H]2O[C@H](CO)NC)OC=C(C(=O)OC2CCCCC2)[C@H]1C=CC1CN(CCO)CC(C(=O)O)C1NC(N)=NCCCO. The molecule has 0 amide bonds. The first-order chi connectivity index (χ1) is 27.3. The van der Waals surface area contributed by atoms with Crippen molar-refractivity contribution in [1.82, 2.24) is 15.5 Å². The molecule has 4 aliphatic rings. The van der Waals surface area contributed by atoms with Crippen molar-refractivity contribution < 1.29 is 74.1 Å². The van der Waals surface area contributed by atoms with Gasteiger partial charge in [0.2, 0.25) is 12.1 Å². The number of carbonyl (C=O) groups is 2. The highest BCUT2D eigenvalue weighted by molar-refractivity contribution is 5.89. The summed E-state index contributed by atoms with van der Waals surface area (Å²) in [6.45, 7) is 2.94. The molecule has 57 heavy (non-hydrogen) atoms. The second kappa shape index (κ2) is 22.2. The van der Waals surface area contributed by atoms with E-state index in [0.29, 0.717) is 19.3 Å². The molecule has 3 fully saturated rings. The van der Waals surface area contributed by atoms with Gasteiger partial charge in [0.25, 0.3) is 0 Å². The Bertz CT molecular complexity index is 1390. The lowest BCUT2D eigenvalue weighted by atomic mass is 9.79. The second-order valence-electron chi connectivity index (χ2n) is 14.7. The predicted octanol–water partition coefficient (Wildman–Crippen LogP) is -2.94. The summed E-state index contributed by atoms with van der Waals surface area (Å²) in [5.74, 6) is -8.28. The number of allylic oxidation sites excluding steroid dienone is 1. The fraction of sp³-hybridized carbons (Fsp3) is 0.757. The van der Waals surface area contributed by atoms with Gasteiger partial charge in [-0.25, -0.2) is 4.79 Å². The number of nitrogens with one attached hydrogen (secondary N) is 2. The number of aliphatic carboxylic acids is 1. The molecule has 3 aliphatic heterocycles. The van der Waals surface area contributed by atoms with E-state index < -0.39 is 97.8 Å². The third-order valence-corrected chi connectivity index (χ3v) is 10.8. The number of carbonyl (C=O) groups excluding carboxylic acids is 1. The Kier molecular flexibility index (Phi) is 18.1. The third-order valence-electron chi connectivity index (χ3n) is 10.8. The van der Waals surface area contributed by atoms with Crippen LogP contribution in [0.5, 0.6) is 0 Å². The summed E-state index contributed by atoms with van der Waals surface area (Å²) >= 11 is 0. The third kappa shape index (κ3) is 11.9. The number of rotatable bonds is 19. The zero-order chi connectivity index (χ0) is 41.7. The average Bonchev–Trinajstić information content (AvgIpc) is 3.19. The van der Waals surface area contributed by atoms with Crippen LogP contribution < -0.4 is 16.4 Å². The van der Waals surface area contributed by atoms with Gasteiger partial charge < -0.3 is 75.6 Å². The summed E-state index contributed by atoms with van der Waals surface area (Å²) in [6, 6.07) is -0.800. The van der Waals surface area contributed by atoms with Gasteiger partial charge in [-0.3, -0.25) is 20.0 Å². The molecule has 11 atom stereocenters. The van der Waals surface area contributed by atoms with Crippen LogP contribution in [-0.2, 0) is 33.3 Å². The van der Waals surface area contributed by atoms with Crippen molar-refractivity contribution in [2.75, 3.05) is 59.7 Å². The highest BCUT2D eigenvalue weighted by Gasteiger charge is 2.58. The molecule has 2 saturated heterocycles. The Balaban J connectivity index is 1.73. The van der Waals surface area contributed by atoms with Crippen LogP contribution in [0.3, 0.4) is 0 Å². The maximum absolute atomic E-state index is 13.9. The summed E-state index contributed by atoms with van der Waals surface area (Å²) in [4.78, 5) is 32.5. The molecule has 324 valence electrons. The number of nitrogens with zero attached hydrogens (tertiary/aromatic N) is 2. The largest absolute Gasteiger partial charge is 0.481 e. The lowest BCUT2D eigenvalue weighted by Crippen LogP contribution is -2.69. The fourth-order valence-corrected chi connectivity index (χ4v) is 7.64. The molecule has 0 bridgehead atoms. The highest BCUT2D eigenvalue weighted by atomic mass is 16.8. The molecule has 1 saturated carbocycles. The van der Waals surface area contributed by atoms with Crippen molar-refractivity contribution in [3.63, 3.8) is 0 Å². The monoisotopic (exact) mass is 815 g/mol. The number of aliphatic imine (C=N–C) groups is 1. The molecule has 20 nitrogen and oxygen atoms in total. The van der Waals surface area contributed by atoms with Crippen LogP contribution in [-0.4, -0.2) is 178 Å². The van der Waals surface area contributed by atoms with E-state index in [1.807, 2.05) is 0 Å². The van der Waals surface area contributed by atoms with E-state index in [0.717, 1.165) is 25.5 Å². The number of aliphatic hydroxyl groups is 7. The Morgan fingerprint density at radius 3 is 2.47 bits per heavy atom. The van der Waals surface area contributed by atoms with Crippen LogP contribution in [0.4, 0.5) is 0 Å². The molecule has 3 unspecified atom stereocenters. The molecular weight excluding hydrogens is 754 g/mol. The van der Waals surface area contributed by atoms with Crippen molar-refractivity contribution in [3.8, 4) is 0 Å². The Labute approximate surface area is 331 Å². The molecule has 0 aromatic carbocycles. The normalized spacial score (nSPS) is 33.3. The van der Waals surface area contributed by atoms with Crippen LogP contribution in [0.1, 0.15) is 38.5 Å². The van der Waals surface area contributed by atoms with Crippen molar-refractivity contribution in [1.29, 1.82) is 0 Å². The van der Waals surface area contributed by atoms with Gasteiger partial charge in [-0.15, -0.1) is 6.58 Å². The molecule has 3 heterocycles. The van der Waals surface area contributed by atoms with Crippen molar-refractivity contribution in [2.45, 2.75) is 93.6 Å². The summed E-state index contributed by atoms with van der Waals surface area (Å²) < 4.78 is 29.5. The van der Waals surface area contributed by atoms with Crippen LogP contribution in [0.15, 0.2) is 41.6 Å². The fourth-order valence-electron chi connectivity index (χ4n) is 7.64. The first kappa shape index (κ1) is 46.4. The number of esters is 1. The van der Waals surface area contributed by atoms with Gasteiger partial charge in [-0.05, 0) is 39.2 Å². The molecule has 20 heteroatoms. The number of carboxylic acids is 1. The van der Waals surface area contributed by atoms with E-state index >= 15 is 0 Å². The summed E-state index contributed by atoms with van der Waals surface area (Å²) in [7, 11) is 1.43. The molecule has 0 spiro atoms. The number of likely N-dealkylation sites (N-methyl/N-ethyl adjacent to an activating group) is 1. The van der Waals surface area contributed by atoms with Gasteiger partial charge >= 0.3 is 11.9 Å². The van der Waals surface area contributed by atoms with E-state index in [1.165, 1.54) is 13.1 Å². The molecule has 0 aromatic heterocycles. The van der Waals surface area contributed by atoms with Gasteiger partial charge in [0.1, 0.15) is 24.5 Å². The van der Waals surface area contributed by atoms with Crippen LogP contribution >= 0.6 is 0 Å². The first-order valence-corrected chi connectivity index (χ1v) is 19.4. The number of ether oxygens (including phenoxy) is 5. The number of likely N-dealkylation sites (tertiary alicyclic amines) is 1. The Morgan fingerprint density at radius 2 is 1.86 bits per heavy atom. The summed E-state index contributed by atoms with van der Waals surface area (Å²) in [5.41, 5.74) is 6.26. The lowest BCUT2D eigenvalue weighted by Gasteiger charge is -2.48. The van der Waals surface area contributed by atoms with Crippen LogP contribution in [0, 0.1) is 23.7 Å². The van der Waals surface area contributed by atoms with E-state index in [4.69, 9.17) is 29.4 Å². The number of β-amino-alcohol motifs (C(OH)–C–C–N with tert-alkyl or cyclic N) is 1. The lowest BCUT2D eigenvalue weighted by molar-refractivity contribution is -0.416. The quantitative estimate of drug-likeness (QED) is 0.0155. The average molecular weight is 816 g/mol. The number of piperidine rings is 1. The Hall–Kier alpha value is -3.25. The van der Waals surface area contributed by atoms with Gasteiger partial charge in [0, 0.05) is 44.6 Å². The van der Waals surface area contributed by atoms with Crippen LogP contribution in [0.25, 0.3) is 0 Å². The Morgan fingerprint density at radius 1 is 1.12 bits per heavy atom. The number of nitrogens with two attached hydrogens (primary N) is 1. The minimum atomic E-state index is -3.06. The molecule has 4 rings (SSSR count). The van der Waals surface area contributed by atoms with Gasteiger partial charge in [0.05, 0.1) is 49.5 Å². The van der Waals surface area contributed by atoms with Gasteiger partial charge in [0.15, 0.2) is 18.4 Å². The summed E-state index contributed by atoms with van der Waals surface area (Å²) in [6.07, 6.45) is 0.472. The molecule has 1 aliphatic carbocycles. The minimum Gasteiger partial charge on any atom is -0.481 e.